The first-order valence-electron chi connectivity index (χ1n) is 8.41. The maximum Gasteiger partial charge on any atom is 0.415 e. The number of halogens is 1. The van der Waals surface area contributed by atoms with Crippen molar-refractivity contribution in [1.29, 1.82) is 0 Å². The summed E-state index contributed by atoms with van der Waals surface area (Å²) >= 11 is 0. The van der Waals surface area contributed by atoms with Crippen molar-refractivity contribution in [2.75, 3.05) is 26.2 Å². The Hall–Kier alpha value is -3.49. The normalized spacial score (nSPS) is 14.4. The SMILES string of the molecule is O=C(Oc1cccnc1)N1CCN(C(=O)c2nc3ccc(F)cc3[nH]2)CC1. The highest BCUT2D eigenvalue weighted by atomic mass is 19.1. The number of fused-ring (bicyclic) bond motifs is 1. The van der Waals surface area contributed by atoms with E-state index in [0.717, 1.165) is 0 Å². The van der Waals surface area contributed by atoms with Crippen LogP contribution in [-0.2, 0) is 0 Å². The van der Waals surface area contributed by atoms with Crippen LogP contribution in [-0.4, -0.2) is 62.9 Å². The summed E-state index contributed by atoms with van der Waals surface area (Å²) in [5, 5.41) is 0. The number of pyridine rings is 1. The topological polar surface area (TPSA) is 91.4 Å². The van der Waals surface area contributed by atoms with Gasteiger partial charge in [0.05, 0.1) is 17.2 Å². The summed E-state index contributed by atoms with van der Waals surface area (Å²) < 4.78 is 18.5. The highest BCUT2D eigenvalue weighted by molar-refractivity contribution is 5.94. The van der Waals surface area contributed by atoms with Crippen molar-refractivity contribution >= 4 is 23.0 Å². The number of H-pyrrole nitrogens is 1. The molecule has 9 heteroatoms. The number of hydrogen-bond donors (Lipinski definition) is 1. The number of nitrogens with one attached hydrogen (secondary N) is 1. The standard InChI is InChI=1S/C18H16FN5O3/c19-12-3-4-14-15(10-12)22-16(21-14)17(25)23-6-8-24(9-7-23)18(26)27-13-2-1-5-20-11-13/h1-5,10-11H,6-9H2,(H,21,22). The van der Waals surface area contributed by atoms with E-state index in [9.17, 15) is 14.0 Å². The van der Waals surface area contributed by atoms with Gasteiger partial charge in [0.1, 0.15) is 5.82 Å². The number of hydrogen-bond acceptors (Lipinski definition) is 5. The minimum atomic E-state index is -0.477. The van der Waals surface area contributed by atoms with Crippen molar-refractivity contribution in [3.8, 4) is 5.75 Å². The lowest BCUT2D eigenvalue weighted by Crippen LogP contribution is -2.51. The van der Waals surface area contributed by atoms with Gasteiger partial charge in [0.25, 0.3) is 5.91 Å². The summed E-state index contributed by atoms with van der Waals surface area (Å²) in [7, 11) is 0. The van der Waals surface area contributed by atoms with E-state index in [-0.39, 0.29) is 11.7 Å². The number of carbonyl (C=O) groups excluding carboxylic acids is 2. The molecule has 0 radical (unpaired) electrons. The van der Waals surface area contributed by atoms with E-state index in [1.54, 1.807) is 23.2 Å². The molecule has 8 nitrogen and oxygen atoms in total. The zero-order valence-corrected chi connectivity index (χ0v) is 14.3. The molecule has 1 N–H and O–H groups in total. The number of rotatable bonds is 2. The lowest BCUT2D eigenvalue weighted by molar-refractivity contribution is 0.0623. The molecule has 0 atom stereocenters. The average Bonchev–Trinajstić information content (AvgIpc) is 3.11. The van der Waals surface area contributed by atoms with Crippen LogP contribution in [0.3, 0.4) is 0 Å². The Labute approximate surface area is 153 Å². The molecule has 4 rings (SSSR count). The summed E-state index contributed by atoms with van der Waals surface area (Å²) in [4.78, 5) is 38.9. The predicted octanol–water partition coefficient (Wildman–Crippen LogP) is 2.05. The van der Waals surface area contributed by atoms with Gasteiger partial charge in [0, 0.05) is 32.4 Å². The lowest BCUT2D eigenvalue weighted by atomic mass is 10.3. The van der Waals surface area contributed by atoms with Crippen molar-refractivity contribution in [3.05, 3.63) is 54.4 Å². The first-order chi connectivity index (χ1) is 13.1. The first kappa shape index (κ1) is 17.0. The van der Waals surface area contributed by atoms with Crippen LogP contribution in [0, 0.1) is 5.82 Å². The fourth-order valence-electron chi connectivity index (χ4n) is 2.90. The minimum absolute atomic E-state index is 0.155. The van der Waals surface area contributed by atoms with Gasteiger partial charge in [-0.05, 0) is 30.3 Å². The zero-order valence-electron chi connectivity index (χ0n) is 14.3. The molecule has 1 saturated heterocycles. The maximum atomic E-state index is 13.3. The molecular formula is C18H16FN5O3. The van der Waals surface area contributed by atoms with Gasteiger partial charge in [0.2, 0.25) is 0 Å². The molecule has 0 unspecified atom stereocenters. The largest absolute Gasteiger partial charge is 0.415 e. The Kier molecular flexibility index (Phi) is 4.41. The van der Waals surface area contributed by atoms with Crippen LogP contribution < -0.4 is 4.74 Å². The molecule has 2 amide bonds. The summed E-state index contributed by atoms with van der Waals surface area (Å²) in [6.07, 6.45) is 2.57. The van der Waals surface area contributed by atoms with Gasteiger partial charge in [0.15, 0.2) is 11.6 Å². The first-order valence-corrected chi connectivity index (χ1v) is 8.41. The average molecular weight is 369 g/mol. The Balaban J connectivity index is 1.38. The molecule has 1 aliphatic heterocycles. The molecular weight excluding hydrogens is 353 g/mol. The number of aromatic nitrogens is 3. The van der Waals surface area contributed by atoms with Crippen molar-refractivity contribution in [1.82, 2.24) is 24.8 Å². The molecule has 1 aliphatic rings. The van der Waals surface area contributed by atoms with Gasteiger partial charge >= 0.3 is 6.09 Å². The number of carbonyl (C=O) groups is 2. The van der Waals surface area contributed by atoms with Gasteiger partial charge < -0.3 is 19.5 Å². The number of benzene rings is 1. The van der Waals surface area contributed by atoms with Crippen molar-refractivity contribution in [2.45, 2.75) is 0 Å². The van der Waals surface area contributed by atoms with Crippen molar-refractivity contribution in [3.63, 3.8) is 0 Å². The molecule has 3 aromatic rings. The van der Waals surface area contributed by atoms with Gasteiger partial charge in [-0.1, -0.05) is 0 Å². The second-order valence-electron chi connectivity index (χ2n) is 6.08. The third-order valence-corrected chi connectivity index (χ3v) is 4.31. The molecule has 3 heterocycles. The number of piperazine rings is 1. The van der Waals surface area contributed by atoms with Crippen molar-refractivity contribution < 1.29 is 18.7 Å². The van der Waals surface area contributed by atoms with Crippen LogP contribution >= 0.6 is 0 Å². The highest BCUT2D eigenvalue weighted by Crippen LogP contribution is 2.15. The zero-order chi connectivity index (χ0) is 18.8. The van der Waals surface area contributed by atoms with E-state index in [2.05, 4.69) is 15.0 Å². The fourth-order valence-corrected chi connectivity index (χ4v) is 2.90. The summed E-state index contributed by atoms with van der Waals surface area (Å²) in [6, 6.07) is 7.44. The second-order valence-corrected chi connectivity index (χ2v) is 6.08. The lowest BCUT2D eigenvalue weighted by Gasteiger charge is -2.33. The van der Waals surface area contributed by atoms with Crippen molar-refractivity contribution in [2.24, 2.45) is 0 Å². The Morgan fingerprint density at radius 3 is 2.63 bits per heavy atom. The molecule has 0 bridgehead atoms. The summed E-state index contributed by atoms with van der Waals surface area (Å²) in [5.41, 5.74) is 0.996. The maximum absolute atomic E-state index is 13.3. The Morgan fingerprint density at radius 1 is 1.11 bits per heavy atom. The van der Waals surface area contributed by atoms with Gasteiger partial charge in [-0.2, -0.15) is 0 Å². The second kappa shape index (κ2) is 7.02. The van der Waals surface area contributed by atoms with Crippen LogP contribution in [0.5, 0.6) is 5.75 Å². The Bertz CT molecular complexity index is 983. The fraction of sp³-hybridized carbons (Fsp3) is 0.222. The number of ether oxygens (including phenoxy) is 1. The van der Waals surface area contributed by atoms with E-state index in [1.165, 1.54) is 29.3 Å². The van der Waals surface area contributed by atoms with Gasteiger partial charge in [-0.25, -0.2) is 14.2 Å². The van der Waals surface area contributed by atoms with E-state index >= 15 is 0 Å². The van der Waals surface area contributed by atoms with Crippen LogP contribution in [0.15, 0.2) is 42.7 Å². The molecule has 27 heavy (non-hydrogen) atoms. The Morgan fingerprint density at radius 2 is 1.89 bits per heavy atom. The van der Waals surface area contributed by atoms with E-state index in [4.69, 9.17) is 4.74 Å². The molecule has 2 aromatic heterocycles. The quantitative estimate of drug-likeness (QED) is 0.747. The van der Waals surface area contributed by atoms with Gasteiger partial charge in [-0.3, -0.25) is 9.78 Å². The highest BCUT2D eigenvalue weighted by Gasteiger charge is 2.27. The monoisotopic (exact) mass is 369 g/mol. The molecule has 0 saturated carbocycles. The van der Waals surface area contributed by atoms with Crippen LogP contribution in [0.25, 0.3) is 11.0 Å². The van der Waals surface area contributed by atoms with Crippen LogP contribution in [0.1, 0.15) is 10.6 Å². The minimum Gasteiger partial charge on any atom is -0.409 e. The third kappa shape index (κ3) is 3.57. The summed E-state index contributed by atoms with van der Waals surface area (Å²) in [5.74, 6) is -0.157. The predicted molar refractivity (Wildman–Crippen MR) is 93.8 cm³/mol. The number of nitrogens with zero attached hydrogens (tertiary/aromatic N) is 4. The molecule has 1 fully saturated rings. The van der Waals surface area contributed by atoms with Gasteiger partial charge in [-0.15, -0.1) is 0 Å². The number of amides is 2. The summed E-state index contributed by atoms with van der Waals surface area (Å²) in [6.45, 7) is 1.40. The van der Waals surface area contributed by atoms with E-state index < -0.39 is 11.9 Å². The van der Waals surface area contributed by atoms with Crippen LogP contribution in [0.4, 0.5) is 9.18 Å². The molecule has 0 aliphatic carbocycles. The smallest absolute Gasteiger partial charge is 0.409 e. The van der Waals surface area contributed by atoms with E-state index in [0.29, 0.717) is 43.0 Å². The van der Waals surface area contributed by atoms with E-state index in [1.807, 2.05) is 0 Å². The molecule has 0 spiro atoms. The molecule has 138 valence electrons. The van der Waals surface area contributed by atoms with Crippen LogP contribution in [0.2, 0.25) is 0 Å². The number of imidazole rings is 1. The third-order valence-electron chi connectivity index (χ3n) is 4.31. The molecule has 1 aromatic carbocycles. The number of aromatic amines is 1.